The lowest BCUT2D eigenvalue weighted by atomic mass is 9.97. The SMILES string of the molecule is CCOC(=O)c1sc2c(c1NC(=S)NC(=O)c1ccccc1)CCCC2. The predicted molar refractivity (Wildman–Crippen MR) is 107 cm³/mol. The number of hydrogen-bond donors (Lipinski definition) is 2. The second-order valence-corrected chi connectivity index (χ2v) is 7.42. The van der Waals surface area contributed by atoms with Crippen LogP contribution in [-0.4, -0.2) is 23.6 Å². The maximum atomic E-state index is 12.3. The standard InChI is InChI=1S/C19H20N2O3S2/c1-2-24-18(23)16-15(13-10-6-7-11-14(13)26-16)20-19(25)21-17(22)12-8-4-3-5-9-12/h3-5,8-9H,2,6-7,10-11H2,1H3,(H2,20,21,22,25). The van der Waals surface area contributed by atoms with E-state index in [-0.39, 0.29) is 17.0 Å². The Kier molecular flexibility index (Phi) is 6.00. The maximum absolute atomic E-state index is 12.3. The van der Waals surface area contributed by atoms with Crippen LogP contribution in [0.25, 0.3) is 0 Å². The molecule has 1 aliphatic carbocycles. The van der Waals surface area contributed by atoms with Crippen LogP contribution < -0.4 is 10.6 Å². The van der Waals surface area contributed by atoms with Crippen molar-refractivity contribution in [3.63, 3.8) is 0 Å². The molecule has 0 radical (unpaired) electrons. The molecule has 0 unspecified atom stereocenters. The summed E-state index contributed by atoms with van der Waals surface area (Å²) in [5, 5.41) is 5.92. The summed E-state index contributed by atoms with van der Waals surface area (Å²) < 4.78 is 5.18. The lowest BCUT2D eigenvalue weighted by Crippen LogP contribution is -2.34. The molecule has 0 aliphatic heterocycles. The van der Waals surface area contributed by atoms with Crippen molar-refractivity contribution in [2.24, 2.45) is 0 Å². The Morgan fingerprint density at radius 3 is 2.65 bits per heavy atom. The van der Waals surface area contributed by atoms with E-state index in [0.29, 0.717) is 22.7 Å². The van der Waals surface area contributed by atoms with Crippen LogP contribution in [0.3, 0.4) is 0 Å². The van der Waals surface area contributed by atoms with Crippen LogP contribution in [0.15, 0.2) is 30.3 Å². The third kappa shape index (κ3) is 4.11. The van der Waals surface area contributed by atoms with Gasteiger partial charge in [-0.05, 0) is 62.5 Å². The Hall–Kier alpha value is -2.25. The molecule has 1 aromatic heterocycles. The molecule has 2 N–H and O–H groups in total. The van der Waals surface area contributed by atoms with E-state index in [4.69, 9.17) is 17.0 Å². The number of carbonyl (C=O) groups is 2. The number of carbonyl (C=O) groups excluding carboxylic acids is 2. The molecule has 0 fully saturated rings. The summed E-state index contributed by atoms with van der Waals surface area (Å²) in [6.45, 7) is 2.10. The highest BCUT2D eigenvalue weighted by Crippen LogP contribution is 2.38. The number of thiophene rings is 1. The van der Waals surface area contributed by atoms with Crippen molar-refractivity contribution >= 4 is 46.2 Å². The number of rotatable bonds is 4. The van der Waals surface area contributed by atoms with Crippen LogP contribution in [0, 0.1) is 0 Å². The van der Waals surface area contributed by atoms with Crippen molar-refractivity contribution < 1.29 is 14.3 Å². The molecular weight excluding hydrogens is 368 g/mol. The van der Waals surface area contributed by atoms with Crippen molar-refractivity contribution in [2.75, 3.05) is 11.9 Å². The zero-order chi connectivity index (χ0) is 18.5. The third-order valence-corrected chi connectivity index (χ3v) is 5.61. The summed E-state index contributed by atoms with van der Waals surface area (Å²) in [5.74, 6) is -0.642. The number of fused-ring (bicyclic) bond motifs is 1. The van der Waals surface area contributed by atoms with Gasteiger partial charge in [0.2, 0.25) is 0 Å². The minimum Gasteiger partial charge on any atom is -0.462 e. The number of nitrogens with one attached hydrogen (secondary N) is 2. The lowest BCUT2D eigenvalue weighted by Gasteiger charge is -2.15. The van der Waals surface area contributed by atoms with Crippen LogP contribution in [0.4, 0.5) is 5.69 Å². The molecule has 0 spiro atoms. The number of thiocarbonyl (C=S) groups is 1. The summed E-state index contributed by atoms with van der Waals surface area (Å²) in [6.07, 6.45) is 4.04. The molecule has 1 aromatic carbocycles. The molecule has 1 heterocycles. The number of anilines is 1. The van der Waals surface area contributed by atoms with Gasteiger partial charge in [-0.15, -0.1) is 11.3 Å². The van der Waals surface area contributed by atoms with E-state index in [1.807, 2.05) is 6.07 Å². The number of ether oxygens (including phenoxy) is 1. The van der Waals surface area contributed by atoms with Gasteiger partial charge >= 0.3 is 5.97 Å². The highest BCUT2D eigenvalue weighted by Gasteiger charge is 2.26. The van der Waals surface area contributed by atoms with E-state index in [1.54, 1.807) is 31.2 Å². The average molecular weight is 389 g/mol. The summed E-state index contributed by atoms with van der Waals surface area (Å²) in [7, 11) is 0. The first kappa shape index (κ1) is 18.5. The van der Waals surface area contributed by atoms with Crippen LogP contribution in [0.5, 0.6) is 0 Å². The van der Waals surface area contributed by atoms with Crippen molar-refractivity contribution in [1.29, 1.82) is 0 Å². The molecule has 3 rings (SSSR count). The van der Waals surface area contributed by atoms with Gasteiger partial charge in [-0.25, -0.2) is 4.79 Å². The maximum Gasteiger partial charge on any atom is 0.350 e. The highest BCUT2D eigenvalue weighted by molar-refractivity contribution is 7.80. The zero-order valence-corrected chi connectivity index (χ0v) is 16.1. The fourth-order valence-corrected chi connectivity index (χ4v) is 4.38. The molecule has 26 heavy (non-hydrogen) atoms. The van der Waals surface area contributed by atoms with Gasteiger partial charge < -0.3 is 10.1 Å². The number of benzene rings is 1. The summed E-state index contributed by atoms with van der Waals surface area (Å²) in [6, 6.07) is 8.86. The van der Waals surface area contributed by atoms with Crippen molar-refractivity contribution in [1.82, 2.24) is 5.32 Å². The summed E-state index contributed by atoms with van der Waals surface area (Å²) in [4.78, 5) is 26.3. The fourth-order valence-electron chi connectivity index (χ4n) is 2.95. The third-order valence-electron chi connectivity index (χ3n) is 4.13. The lowest BCUT2D eigenvalue weighted by molar-refractivity contribution is 0.0533. The number of amides is 1. The molecule has 5 nitrogen and oxygen atoms in total. The molecular formula is C19H20N2O3S2. The molecule has 1 aliphatic rings. The predicted octanol–water partition coefficient (Wildman–Crippen LogP) is 3.93. The Balaban J connectivity index is 1.79. The second kappa shape index (κ2) is 8.42. The smallest absolute Gasteiger partial charge is 0.350 e. The minimum atomic E-state index is -0.355. The van der Waals surface area contributed by atoms with Crippen LogP contribution in [-0.2, 0) is 17.6 Å². The summed E-state index contributed by atoms with van der Waals surface area (Å²) >= 11 is 6.76. The van der Waals surface area contributed by atoms with Crippen LogP contribution in [0.1, 0.15) is 50.2 Å². The van der Waals surface area contributed by atoms with Crippen LogP contribution >= 0.6 is 23.6 Å². The van der Waals surface area contributed by atoms with Gasteiger partial charge in [-0.2, -0.15) is 0 Å². The Labute approximate surface area is 161 Å². The minimum absolute atomic E-state index is 0.176. The largest absolute Gasteiger partial charge is 0.462 e. The first-order chi connectivity index (χ1) is 12.6. The van der Waals surface area contributed by atoms with Gasteiger partial charge in [-0.3, -0.25) is 10.1 Å². The molecule has 7 heteroatoms. The molecule has 0 saturated heterocycles. The monoisotopic (exact) mass is 388 g/mol. The van der Waals surface area contributed by atoms with Crippen molar-refractivity contribution in [3.05, 3.63) is 51.2 Å². The Morgan fingerprint density at radius 2 is 1.92 bits per heavy atom. The quantitative estimate of drug-likeness (QED) is 0.614. The van der Waals surface area contributed by atoms with Crippen LogP contribution in [0.2, 0.25) is 0 Å². The van der Waals surface area contributed by atoms with E-state index in [9.17, 15) is 9.59 Å². The molecule has 0 atom stereocenters. The van der Waals surface area contributed by atoms with E-state index in [0.717, 1.165) is 31.2 Å². The highest BCUT2D eigenvalue weighted by atomic mass is 32.1. The average Bonchev–Trinajstić information content (AvgIpc) is 3.01. The molecule has 2 aromatic rings. The number of aryl methyl sites for hydroxylation is 1. The first-order valence-corrected chi connectivity index (χ1v) is 9.81. The van der Waals surface area contributed by atoms with Gasteiger partial charge in [0, 0.05) is 10.4 Å². The Morgan fingerprint density at radius 1 is 1.19 bits per heavy atom. The van der Waals surface area contributed by atoms with Crippen molar-refractivity contribution in [3.8, 4) is 0 Å². The van der Waals surface area contributed by atoms with Gasteiger partial charge in [0.15, 0.2) is 5.11 Å². The van der Waals surface area contributed by atoms with Gasteiger partial charge in [-0.1, -0.05) is 18.2 Å². The first-order valence-electron chi connectivity index (χ1n) is 8.59. The summed E-state index contributed by atoms with van der Waals surface area (Å²) in [5.41, 5.74) is 2.32. The van der Waals surface area contributed by atoms with Gasteiger partial charge in [0.05, 0.1) is 12.3 Å². The van der Waals surface area contributed by atoms with E-state index >= 15 is 0 Å². The fraction of sp³-hybridized carbons (Fsp3) is 0.316. The molecule has 136 valence electrons. The van der Waals surface area contributed by atoms with E-state index in [2.05, 4.69) is 10.6 Å². The van der Waals surface area contributed by atoms with E-state index < -0.39 is 0 Å². The number of esters is 1. The zero-order valence-electron chi connectivity index (χ0n) is 14.5. The second-order valence-electron chi connectivity index (χ2n) is 5.91. The van der Waals surface area contributed by atoms with E-state index in [1.165, 1.54) is 16.2 Å². The van der Waals surface area contributed by atoms with Gasteiger partial charge in [0.1, 0.15) is 4.88 Å². The molecule has 1 amide bonds. The molecule has 0 saturated carbocycles. The number of hydrogen-bond acceptors (Lipinski definition) is 5. The van der Waals surface area contributed by atoms with Gasteiger partial charge in [0.25, 0.3) is 5.91 Å². The normalized spacial score (nSPS) is 12.8. The van der Waals surface area contributed by atoms with Crippen molar-refractivity contribution in [2.45, 2.75) is 32.6 Å². The topological polar surface area (TPSA) is 67.4 Å². The molecule has 0 bridgehead atoms. The Bertz CT molecular complexity index is 831.